The van der Waals surface area contributed by atoms with Crippen LogP contribution in [0.25, 0.3) is 0 Å². The predicted molar refractivity (Wildman–Crippen MR) is 105 cm³/mol. The summed E-state index contributed by atoms with van der Waals surface area (Å²) in [6.07, 6.45) is 7.51. The van der Waals surface area contributed by atoms with Crippen LogP contribution >= 0.6 is 0 Å². The van der Waals surface area contributed by atoms with Crippen LogP contribution in [0.1, 0.15) is 18.4 Å². The largest absolute Gasteiger partial charge is 0.371 e. The van der Waals surface area contributed by atoms with Gasteiger partial charge in [0.15, 0.2) is 12.4 Å². The first-order valence-corrected chi connectivity index (χ1v) is 10.8. The van der Waals surface area contributed by atoms with Gasteiger partial charge >= 0.3 is 0 Å². The molecule has 0 atom stereocenters. The SMILES string of the molecule is C[n+]1ccc(CNC2CCN(c3ccc(NS(C)(=O)=O)cc3)CC2)cc1. The molecule has 1 aliphatic rings. The number of nitrogens with one attached hydrogen (secondary N) is 2. The minimum Gasteiger partial charge on any atom is -0.371 e. The van der Waals surface area contributed by atoms with Gasteiger partial charge in [0.25, 0.3) is 0 Å². The average molecular weight is 376 g/mol. The van der Waals surface area contributed by atoms with Crippen LogP contribution in [0.5, 0.6) is 0 Å². The summed E-state index contributed by atoms with van der Waals surface area (Å²) in [7, 11) is -1.20. The Morgan fingerprint density at radius 1 is 1.08 bits per heavy atom. The van der Waals surface area contributed by atoms with Crippen molar-refractivity contribution in [3.63, 3.8) is 0 Å². The fourth-order valence-electron chi connectivity index (χ4n) is 3.21. The number of hydrogen-bond donors (Lipinski definition) is 2. The molecule has 0 radical (unpaired) electrons. The molecular formula is C19H27N4O2S+. The average Bonchev–Trinajstić information content (AvgIpc) is 2.61. The molecular weight excluding hydrogens is 348 g/mol. The molecule has 3 rings (SSSR count). The van der Waals surface area contributed by atoms with Crippen LogP contribution in [-0.4, -0.2) is 33.8 Å². The van der Waals surface area contributed by atoms with Gasteiger partial charge in [0.2, 0.25) is 10.0 Å². The van der Waals surface area contributed by atoms with E-state index in [0.717, 1.165) is 44.4 Å². The number of rotatable bonds is 6. The van der Waals surface area contributed by atoms with E-state index in [1.165, 1.54) is 5.56 Å². The molecule has 2 aromatic rings. The fraction of sp³-hybridized carbons (Fsp3) is 0.421. The Morgan fingerprint density at radius 3 is 2.27 bits per heavy atom. The standard InChI is InChI=1S/C19H27N4O2S/c1-22-11-7-16(8-12-22)15-20-17-9-13-23(14-10-17)19-5-3-18(4-6-19)21-26(2,24)25/h3-8,11-12,17,20-21H,9-10,13-15H2,1-2H3/q+1. The van der Waals surface area contributed by atoms with Crippen molar-refractivity contribution in [2.24, 2.45) is 7.05 Å². The van der Waals surface area contributed by atoms with Gasteiger partial charge in [0.1, 0.15) is 7.05 Å². The summed E-state index contributed by atoms with van der Waals surface area (Å²) in [6, 6.07) is 12.4. The second-order valence-electron chi connectivity index (χ2n) is 6.94. The molecule has 0 aliphatic carbocycles. The van der Waals surface area contributed by atoms with Crippen molar-refractivity contribution in [2.75, 3.05) is 29.0 Å². The monoisotopic (exact) mass is 375 g/mol. The number of pyridine rings is 1. The van der Waals surface area contributed by atoms with Gasteiger partial charge in [-0.1, -0.05) is 0 Å². The molecule has 0 amide bonds. The van der Waals surface area contributed by atoms with E-state index in [-0.39, 0.29) is 0 Å². The highest BCUT2D eigenvalue weighted by Crippen LogP contribution is 2.22. The van der Waals surface area contributed by atoms with Crippen LogP contribution in [0.2, 0.25) is 0 Å². The van der Waals surface area contributed by atoms with Gasteiger partial charge in [-0.25, -0.2) is 13.0 Å². The summed E-state index contributed by atoms with van der Waals surface area (Å²) >= 11 is 0. The molecule has 26 heavy (non-hydrogen) atoms. The zero-order chi connectivity index (χ0) is 18.6. The summed E-state index contributed by atoms with van der Waals surface area (Å²) < 4.78 is 27.1. The third-order valence-corrected chi connectivity index (χ3v) is 5.28. The first kappa shape index (κ1) is 18.7. The van der Waals surface area contributed by atoms with E-state index in [1.54, 1.807) is 0 Å². The van der Waals surface area contributed by atoms with Crippen molar-refractivity contribution >= 4 is 21.4 Å². The van der Waals surface area contributed by atoms with E-state index in [4.69, 9.17) is 0 Å². The third-order valence-electron chi connectivity index (χ3n) is 4.67. The minimum absolute atomic E-state index is 0.534. The number of benzene rings is 1. The number of aromatic nitrogens is 1. The van der Waals surface area contributed by atoms with E-state index < -0.39 is 10.0 Å². The van der Waals surface area contributed by atoms with Crippen molar-refractivity contribution < 1.29 is 13.0 Å². The van der Waals surface area contributed by atoms with Crippen molar-refractivity contribution in [1.82, 2.24) is 5.32 Å². The number of piperidine rings is 1. The minimum atomic E-state index is -3.23. The fourth-order valence-corrected chi connectivity index (χ4v) is 3.77. The summed E-state index contributed by atoms with van der Waals surface area (Å²) in [5, 5.41) is 3.65. The van der Waals surface area contributed by atoms with Gasteiger partial charge in [-0.05, 0) is 42.7 Å². The van der Waals surface area contributed by atoms with Gasteiger partial charge in [-0.15, -0.1) is 0 Å². The molecule has 2 heterocycles. The van der Waals surface area contributed by atoms with Crippen molar-refractivity contribution in [3.05, 3.63) is 54.4 Å². The Kier molecular flexibility index (Phi) is 5.78. The van der Waals surface area contributed by atoms with Crippen LogP contribution in [0.4, 0.5) is 11.4 Å². The third kappa shape index (κ3) is 5.44. The molecule has 7 heteroatoms. The molecule has 0 spiro atoms. The second-order valence-corrected chi connectivity index (χ2v) is 8.68. The summed E-state index contributed by atoms with van der Waals surface area (Å²) in [5.74, 6) is 0. The Balaban J connectivity index is 1.48. The maximum absolute atomic E-state index is 11.3. The molecule has 1 fully saturated rings. The summed E-state index contributed by atoms with van der Waals surface area (Å²) in [6.45, 7) is 2.90. The highest BCUT2D eigenvalue weighted by molar-refractivity contribution is 7.92. The maximum atomic E-state index is 11.3. The van der Waals surface area contributed by atoms with Gasteiger partial charge in [0, 0.05) is 49.2 Å². The molecule has 0 saturated carbocycles. The lowest BCUT2D eigenvalue weighted by molar-refractivity contribution is -0.671. The maximum Gasteiger partial charge on any atom is 0.229 e. The number of aryl methyl sites for hydroxylation is 1. The van der Waals surface area contributed by atoms with E-state index in [1.807, 2.05) is 35.9 Å². The Bertz CT molecular complexity index is 812. The van der Waals surface area contributed by atoms with Crippen LogP contribution in [0, 0.1) is 0 Å². The van der Waals surface area contributed by atoms with E-state index in [2.05, 4.69) is 39.5 Å². The Hall–Kier alpha value is -2.12. The molecule has 140 valence electrons. The van der Waals surface area contributed by atoms with Crippen LogP contribution in [0.3, 0.4) is 0 Å². The lowest BCUT2D eigenvalue weighted by Gasteiger charge is -2.34. The Labute approximate surface area is 155 Å². The molecule has 1 saturated heterocycles. The zero-order valence-electron chi connectivity index (χ0n) is 15.4. The number of hydrogen-bond acceptors (Lipinski definition) is 4. The first-order valence-electron chi connectivity index (χ1n) is 8.89. The summed E-state index contributed by atoms with van der Waals surface area (Å²) in [4.78, 5) is 2.35. The molecule has 1 aromatic carbocycles. The number of anilines is 2. The zero-order valence-corrected chi connectivity index (χ0v) is 16.2. The molecule has 1 aliphatic heterocycles. The molecule has 0 bridgehead atoms. The summed E-state index contributed by atoms with van der Waals surface area (Å²) in [5.41, 5.74) is 3.04. The van der Waals surface area contributed by atoms with E-state index in [0.29, 0.717) is 11.7 Å². The number of nitrogens with zero attached hydrogens (tertiary/aromatic N) is 2. The highest BCUT2D eigenvalue weighted by Gasteiger charge is 2.19. The lowest BCUT2D eigenvalue weighted by atomic mass is 10.0. The van der Waals surface area contributed by atoms with Crippen LogP contribution in [0.15, 0.2) is 48.8 Å². The second kappa shape index (κ2) is 8.05. The van der Waals surface area contributed by atoms with Crippen molar-refractivity contribution in [2.45, 2.75) is 25.4 Å². The van der Waals surface area contributed by atoms with Crippen LogP contribution in [-0.2, 0) is 23.6 Å². The molecule has 0 unspecified atom stereocenters. The normalized spacial score (nSPS) is 15.8. The molecule has 1 aromatic heterocycles. The van der Waals surface area contributed by atoms with Gasteiger partial charge < -0.3 is 10.2 Å². The van der Waals surface area contributed by atoms with E-state index in [9.17, 15) is 8.42 Å². The predicted octanol–water partition coefficient (Wildman–Crippen LogP) is 1.64. The van der Waals surface area contributed by atoms with Gasteiger partial charge in [-0.3, -0.25) is 4.72 Å². The quantitative estimate of drug-likeness (QED) is 0.754. The first-order chi connectivity index (χ1) is 12.4. The van der Waals surface area contributed by atoms with Crippen LogP contribution < -0.4 is 19.5 Å². The van der Waals surface area contributed by atoms with Crippen molar-refractivity contribution in [3.8, 4) is 0 Å². The van der Waals surface area contributed by atoms with Crippen molar-refractivity contribution in [1.29, 1.82) is 0 Å². The smallest absolute Gasteiger partial charge is 0.229 e. The van der Waals surface area contributed by atoms with E-state index >= 15 is 0 Å². The van der Waals surface area contributed by atoms with Gasteiger partial charge in [0.05, 0.1) is 6.26 Å². The lowest BCUT2D eigenvalue weighted by Crippen LogP contribution is -2.42. The topological polar surface area (TPSA) is 65.3 Å². The number of sulfonamides is 1. The molecule has 6 nitrogen and oxygen atoms in total. The highest BCUT2D eigenvalue weighted by atomic mass is 32.2. The Morgan fingerprint density at radius 2 is 1.69 bits per heavy atom. The molecule has 2 N–H and O–H groups in total. The van der Waals surface area contributed by atoms with Gasteiger partial charge in [-0.2, -0.15) is 0 Å².